The number of quaternary nitrogens is 1. The Labute approximate surface area is 172 Å². The number of nitrogens with zero attached hydrogens (tertiary/aromatic N) is 3. The Morgan fingerprint density at radius 3 is 2.20 bits per heavy atom. The van der Waals surface area contributed by atoms with E-state index in [1.165, 1.54) is 24.8 Å². The highest BCUT2D eigenvalue weighted by Gasteiger charge is 2.24. The topological polar surface area (TPSA) is 169 Å². The van der Waals surface area contributed by atoms with Crippen LogP contribution in [0.5, 0.6) is 0 Å². The average Bonchev–Trinajstić information content (AvgIpc) is 3.36. The van der Waals surface area contributed by atoms with E-state index in [2.05, 4.69) is 19.9 Å². The fraction of sp³-hybridized carbons (Fsp3) is 0.500. The van der Waals surface area contributed by atoms with Gasteiger partial charge in [-0.15, -0.1) is 0 Å². The van der Waals surface area contributed by atoms with Crippen LogP contribution in [0.1, 0.15) is 21.2 Å². The summed E-state index contributed by atoms with van der Waals surface area (Å²) in [5.74, 6) is -1.87. The molecule has 0 amide bonds. The molecule has 30 heavy (non-hydrogen) atoms. The number of aromatic nitrogens is 4. The van der Waals surface area contributed by atoms with Crippen LogP contribution in [0, 0.1) is 0 Å². The highest BCUT2D eigenvalue weighted by molar-refractivity contribution is 7.45. The van der Waals surface area contributed by atoms with Gasteiger partial charge in [0.1, 0.15) is 19.8 Å². The Balaban J connectivity index is 1.93. The summed E-state index contributed by atoms with van der Waals surface area (Å²) < 4.78 is 32.2. The van der Waals surface area contributed by atoms with Crippen LogP contribution >= 0.6 is 7.82 Å². The Bertz CT molecular complexity index is 850. The quantitative estimate of drug-likeness (QED) is 0.252. The minimum atomic E-state index is -4.67. The molecule has 2 heterocycles. The van der Waals surface area contributed by atoms with Crippen LogP contribution in [0.2, 0.25) is 0 Å². The zero-order valence-electron chi connectivity index (χ0n) is 16.8. The molecule has 0 spiro atoms. The molecule has 2 aromatic heterocycles. The number of ether oxygens (including phenoxy) is 2. The number of esters is 2. The first-order chi connectivity index (χ1) is 14.1. The molecule has 166 valence electrons. The van der Waals surface area contributed by atoms with Gasteiger partial charge in [-0.3, -0.25) is 4.57 Å². The molecule has 14 heteroatoms. The number of likely N-dealkylation sites (N-methyl/N-ethyl adjacent to an activating group) is 1. The Kier molecular flexibility index (Phi) is 8.26. The van der Waals surface area contributed by atoms with E-state index in [9.17, 15) is 19.0 Å². The van der Waals surface area contributed by atoms with Gasteiger partial charge in [0.15, 0.2) is 6.10 Å². The van der Waals surface area contributed by atoms with E-state index in [1.807, 2.05) is 21.1 Å². The number of rotatable bonds is 12. The lowest BCUT2D eigenvalue weighted by Crippen LogP contribution is -2.37. The molecule has 0 aliphatic heterocycles. The van der Waals surface area contributed by atoms with Gasteiger partial charge in [-0.2, -0.15) is 0 Å². The van der Waals surface area contributed by atoms with Crippen molar-refractivity contribution in [3.8, 4) is 0 Å². The van der Waals surface area contributed by atoms with Crippen molar-refractivity contribution in [2.75, 3.05) is 47.5 Å². The molecule has 2 atom stereocenters. The fourth-order valence-electron chi connectivity index (χ4n) is 1.95. The summed E-state index contributed by atoms with van der Waals surface area (Å²) in [6.07, 6.45) is 4.29. The van der Waals surface area contributed by atoms with Crippen LogP contribution in [-0.2, 0) is 23.1 Å². The number of carbonyl (C=O) groups is 2. The van der Waals surface area contributed by atoms with Crippen molar-refractivity contribution >= 4 is 19.8 Å². The molecule has 0 saturated heterocycles. The van der Waals surface area contributed by atoms with E-state index in [0.717, 1.165) is 0 Å². The van der Waals surface area contributed by atoms with Crippen molar-refractivity contribution in [3.63, 3.8) is 0 Å². The van der Waals surface area contributed by atoms with Gasteiger partial charge in [0.05, 0.1) is 27.7 Å². The number of hydrogen-bond acceptors (Lipinski definition) is 10. The van der Waals surface area contributed by atoms with Gasteiger partial charge >= 0.3 is 11.9 Å². The van der Waals surface area contributed by atoms with Crippen LogP contribution in [0.4, 0.5) is 0 Å². The third-order valence-corrected chi connectivity index (χ3v) is 4.45. The van der Waals surface area contributed by atoms with Crippen LogP contribution in [0.15, 0.2) is 24.8 Å². The summed E-state index contributed by atoms with van der Waals surface area (Å²) in [5, 5.41) is 0. The molecule has 1 unspecified atom stereocenters. The van der Waals surface area contributed by atoms with Crippen molar-refractivity contribution in [2.24, 2.45) is 0 Å². The number of carbonyl (C=O) groups excluding carboxylic acids is 2. The predicted octanol–water partition coefficient (Wildman–Crippen LogP) is -0.277. The minimum absolute atomic E-state index is 0.0647. The van der Waals surface area contributed by atoms with Gasteiger partial charge < -0.3 is 37.9 Å². The molecule has 2 N–H and O–H groups in total. The molecule has 0 aliphatic carbocycles. The molecule has 2 aromatic rings. The van der Waals surface area contributed by atoms with Crippen molar-refractivity contribution in [2.45, 2.75) is 6.10 Å². The second-order valence-corrected chi connectivity index (χ2v) is 8.50. The van der Waals surface area contributed by atoms with E-state index in [0.29, 0.717) is 11.0 Å². The number of phosphoric acid groups is 1. The highest BCUT2D eigenvalue weighted by atomic mass is 31.2. The smallest absolute Gasteiger partial charge is 0.374 e. The highest BCUT2D eigenvalue weighted by Crippen LogP contribution is 2.38. The van der Waals surface area contributed by atoms with Crippen molar-refractivity contribution < 1.29 is 42.1 Å². The number of H-pyrrole nitrogens is 2. The van der Waals surface area contributed by atoms with Crippen molar-refractivity contribution in [1.29, 1.82) is 0 Å². The van der Waals surface area contributed by atoms with Crippen molar-refractivity contribution in [1.82, 2.24) is 19.9 Å². The fourth-order valence-corrected chi connectivity index (χ4v) is 2.68. The molecule has 0 aromatic carbocycles. The Hall–Kier alpha value is -2.57. The standard InChI is InChI=1S/C16H24N5O8P/c1-21(2,3)8-9-27-30(24,25)28-11-12(29-16(23)14-19-6-7-20-14)10-26-15(22)13-17-4-5-18-13/h4-7,12H,8-11H2,1-3H3,(H2-,17,18,19,20,22,23,24,25)/t12-/m1/s1. The summed E-state index contributed by atoms with van der Waals surface area (Å²) in [7, 11) is 0.952. The van der Waals surface area contributed by atoms with Gasteiger partial charge in [-0.05, 0) is 0 Å². The third-order valence-electron chi connectivity index (χ3n) is 3.49. The molecule has 0 bridgehead atoms. The summed E-state index contributed by atoms with van der Waals surface area (Å²) in [6.45, 7) is -0.768. The van der Waals surface area contributed by atoms with E-state index in [-0.39, 0.29) is 18.3 Å². The largest absolute Gasteiger partial charge is 0.756 e. The molecule has 0 saturated carbocycles. The zero-order chi connectivity index (χ0) is 22.2. The first-order valence-corrected chi connectivity index (χ1v) is 10.3. The summed E-state index contributed by atoms with van der Waals surface area (Å²) in [4.78, 5) is 48.5. The number of imidazole rings is 2. The lowest BCUT2D eigenvalue weighted by Gasteiger charge is -2.28. The van der Waals surface area contributed by atoms with Crippen LogP contribution in [0.25, 0.3) is 0 Å². The Morgan fingerprint density at radius 1 is 1.07 bits per heavy atom. The van der Waals surface area contributed by atoms with Gasteiger partial charge in [0, 0.05) is 24.8 Å². The van der Waals surface area contributed by atoms with E-state index in [1.54, 1.807) is 0 Å². The molecular weight excluding hydrogens is 421 g/mol. The van der Waals surface area contributed by atoms with E-state index >= 15 is 0 Å². The van der Waals surface area contributed by atoms with Gasteiger partial charge in [-0.1, -0.05) is 0 Å². The number of phosphoric ester groups is 1. The molecule has 2 rings (SSSR count). The predicted molar refractivity (Wildman–Crippen MR) is 99.1 cm³/mol. The third kappa shape index (κ3) is 8.43. The maximum atomic E-state index is 12.1. The normalized spacial score (nSPS) is 14.7. The summed E-state index contributed by atoms with van der Waals surface area (Å²) in [6, 6.07) is 0. The molecule has 13 nitrogen and oxygen atoms in total. The molecule has 0 fully saturated rings. The molecule has 0 radical (unpaired) electrons. The van der Waals surface area contributed by atoms with Crippen molar-refractivity contribution in [3.05, 3.63) is 36.4 Å². The van der Waals surface area contributed by atoms with E-state index < -0.39 is 39.1 Å². The summed E-state index contributed by atoms with van der Waals surface area (Å²) >= 11 is 0. The van der Waals surface area contributed by atoms with Crippen LogP contribution in [-0.4, -0.2) is 90.0 Å². The number of nitrogens with one attached hydrogen (secondary N) is 2. The van der Waals surface area contributed by atoms with Gasteiger partial charge in [0.2, 0.25) is 11.6 Å². The monoisotopic (exact) mass is 445 g/mol. The maximum absolute atomic E-state index is 12.1. The summed E-state index contributed by atoms with van der Waals surface area (Å²) in [5.41, 5.74) is 0. The Morgan fingerprint density at radius 2 is 1.67 bits per heavy atom. The lowest BCUT2D eigenvalue weighted by molar-refractivity contribution is -0.870. The second kappa shape index (κ2) is 10.5. The van der Waals surface area contributed by atoms with Gasteiger partial charge in [-0.25, -0.2) is 19.6 Å². The second-order valence-electron chi connectivity index (χ2n) is 7.09. The maximum Gasteiger partial charge on any atom is 0.374 e. The molecule has 0 aliphatic rings. The average molecular weight is 445 g/mol. The first kappa shape index (κ1) is 23.7. The van der Waals surface area contributed by atoms with Crippen LogP contribution in [0.3, 0.4) is 0 Å². The van der Waals surface area contributed by atoms with E-state index in [4.69, 9.17) is 18.5 Å². The number of aromatic amines is 2. The number of hydrogen-bond donors (Lipinski definition) is 2. The SMILES string of the molecule is C[N+](C)(C)CCOP(=O)([O-])OC[C@@H](COC(=O)c1ncc[nH]1)OC(=O)c1ncc[nH]1. The molecular formula is C16H24N5O8P. The first-order valence-electron chi connectivity index (χ1n) is 8.83. The van der Waals surface area contributed by atoms with Crippen LogP contribution < -0.4 is 4.89 Å². The lowest BCUT2D eigenvalue weighted by atomic mass is 10.4. The van der Waals surface area contributed by atoms with Gasteiger partial charge in [0.25, 0.3) is 7.82 Å². The minimum Gasteiger partial charge on any atom is -0.756 e. The zero-order valence-corrected chi connectivity index (χ0v) is 17.7.